The van der Waals surface area contributed by atoms with Gasteiger partial charge in [0.1, 0.15) is 9.84 Å². The van der Waals surface area contributed by atoms with E-state index in [1.165, 1.54) is 5.56 Å². The van der Waals surface area contributed by atoms with Crippen molar-refractivity contribution in [3.8, 4) is 0 Å². The second-order valence-corrected chi connectivity index (χ2v) is 9.20. The number of hydrogen-bond donors (Lipinski definition) is 2. The Labute approximate surface area is 159 Å². The highest BCUT2D eigenvalue weighted by molar-refractivity contribution is 7.90. The maximum absolute atomic E-state index is 12.1. The summed E-state index contributed by atoms with van der Waals surface area (Å²) < 4.78 is 22.6. The van der Waals surface area contributed by atoms with E-state index >= 15 is 0 Å². The molecule has 0 fully saturated rings. The Morgan fingerprint density at radius 1 is 1.11 bits per heavy atom. The van der Waals surface area contributed by atoms with Gasteiger partial charge in [0.25, 0.3) is 0 Å². The largest absolute Gasteiger partial charge is 0.361 e. The van der Waals surface area contributed by atoms with Crippen LogP contribution in [0, 0.1) is 6.92 Å². The maximum atomic E-state index is 12.1. The standard InChI is InChI=1S/C21H24N2O3S/c1-15-7-9-16(10-8-15)18(13-23-21(24)11-12-27(2,25)26)19-14-22-20-6-4-3-5-17(19)20/h3-10,14,18,22H,11-13H2,1-2H3,(H,23,24). The number of aromatic amines is 1. The average Bonchev–Trinajstić information content (AvgIpc) is 3.05. The van der Waals surface area contributed by atoms with Gasteiger partial charge in [-0.05, 0) is 24.1 Å². The van der Waals surface area contributed by atoms with Gasteiger partial charge in [-0.15, -0.1) is 0 Å². The fraction of sp³-hybridized carbons (Fsp3) is 0.286. The molecule has 6 heteroatoms. The Kier molecular flexibility index (Phi) is 5.65. The fourth-order valence-electron chi connectivity index (χ4n) is 3.17. The number of sulfone groups is 1. The zero-order valence-corrected chi connectivity index (χ0v) is 16.3. The molecule has 2 aromatic carbocycles. The maximum Gasteiger partial charge on any atom is 0.221 e. The van der Waals surface area contributed by atoms with Gasteiger partial charge in [-0.3, -0.25) is 4.79 Å². The van der Waals surface area contributed by atoms with Crippen molar-refractivity contribution in [1.82, 2.24) is 10.3 Å². The molecule has 1 amide bonds. The van der Waals surface area contributed by atoms with Crippen molar-refractivity contribution in [3.63, 3.8) is 0 Å². The number of benzene rings is 2. The fourth-order valence-corrected chi connectivity index (χ4v) is 3.73. The molecule has 0 spiro atoms. The summed E-state index contributed by atoms with van der Waals surface area (Å²) in [6.45, 7) is 2.45. The van der Waals surface area contributed by atoms with Crippen LogP contribution in [0.15, 0.2) is 54.7 Å². The summed E-state index contributed by atoms with van der Waals surface area (Å²) in [5, 5.41) is 4.02. The summed E-state index contributed by atoms with van der Waals surface area (Å²) in [5.41, 5.74) is 4.44. The third-order valence-electron chi connectivity index (χ3n) is 4.68. The minimum atomic E-state index is -3.15. The molecule has 5 nitrogen and oxygen atoms in total. The minimum absolute atomic E-state index is 0.0205. The normalized spacial score (nSPS) is 12.8. The lowest BCUT2D eigenvalue weighted by atomic mass is 9.90. The van der Waals surface area contributed by atoms with Gasteiger partial charge >= 0.3 is 0 Å². The van der Waals surface area contributed by atoms with E-state index in [9.17, 15) is 13.2 Å². The molecule has 0 saturated heterocycles. The quantitative estimate of drug-likeness (QED) is 0.657. The summed E-state index contributed by atoms with van der Waals surface area (Å²) in [7, 11) is -3.15. The molecule has 142 valence electrons. The molecule has 0 aliphatic carbocycles. The van der Waals surface area contributed by atoms with Crippen molar-refractivity contribution in [3.05, 3.63) is 71.4 Å². The first kappa shape index (κ1) is 19.2. The lowest BCUT2D eigenvalue weighted by Gasteiger charge is -2.18. The van der Waals surface area contributed by atoms with Crippen LogP contribution in [0.1, 0.15) is 29.0 Å². The molecule has 0 aliphatic rings. The molecule has 1 heterocycles. The first-order valence-electron chi connectivity index (χ1n) is 8.90. The summed E-state index contributed by atoms with van der Waals surface area (Å²) in [5.74, 6) is -0.414. The number of para-hydroxylation sites is 1. The Hall–Kier alpha value is -2.60. The van der Waals surface area contributed by atoms with Gasteiger partial charge < -0.3 is 10.3 Å². The van der Waals surface area contributed by atoms with E-state index in [1.807, 2.05) is 31.3 Å². The minimum Gasteiger partial charge on any atom is -0.361 e. The van der Waals surface area contributed by atoms with Crippen molar-refractivity contribution in [2.75, 3.05) is 18.6 Å². The molecule has 0 radical (unpaired) electrons. The number of hydrogen-bond acceptors (Lipinski definition) is 3. The number of amides is 1. The predicted molar refractivity (Wildman–Crippen MR) is 109 cm³/mol. The Balaban J connectivity index is 1.85. The zero-order chi connectivity index (χ0) is 19.4. The molecule has 0 aliphatic heterocycles. The van der Waals surface area contributed by atoms with Crippen LogP contribution in [0.3, 0.4) is 0 Å². The Morgan fingerprint density at radius 2 is 1.81 bits per heavy atom. The number of aromatic nitrogens is 1. The molecule has 0 bridgehead atoms. The summed E-state index contributed by atoms with van der Waals surface area (Å²) in [6, 6.07) is 16.3. The first-order valence-corrected chi connectivity index (χ1v) is 11.0. The van der Waals surface area contributed by atoms with Gasteiger partial charge in [-0.2, -0.15) is 0 Å². The summed E-state index contributed by atoms with van der Waals surface area (Å²) in [4.78, 5) is 15.4. The number of carbonyl (C=O) groups is 1. The van der Waals surface area contributed by atoms with Gasteiger partial charge in [-0.1, -0.05) is 48.0 Å². The second kappa shape index (κ2) is 7.96. The van der Waals surface area contributed by atoms with Gasteiger partial charge in [0.15, 0.2) is 0 Å². The molecule has 1 unspecified atom stereocenters. The Morgan fingerprint density at radius 3 is 2.52 bits per heavy atom. The topological polar surface area (TPSA) is 79.0 Å². The van der Waals surface area contributed by atoms with Crippen molar-refractivity contribution in [2.45, 2.75) is 19.3 Å². The van der Waals surface area contributed by atoms with Gasteiger partial charge in [0, 0.05) is 42.2 Å². The smallest absolute Gasteiger partial charge is 0.221 e. The molecule has 2 N–H and O–H groups in total. The Bertz CT molecular complexity index is 1040. The van der Waals surface area contributed by atoms with E-state index in [-0.39, 0.29) is 24.0 Å². The van der Waals surface area contributed by atoms with E-state index in [1.54, 1.807) is 0 Å². The van der Waals surface area contributed by atoms with Gasteiger partial charge in [-0.25, -0.2) is 8.42 Å². The average molecular weight is 385 g/mol. The van der Waals surface area contributed by atoms with Crippen LogP contribution in [0.25, 0.3) is 10.9 Å². The number of nitrogens with one attached hydrogen (secondary N) is 2. The molecule has 27 heavy (non-hydrogen) atoms. The van der Waals surface area contributed by atoms with Crippen LogP contribution in [0.4, 0.5) is 0 Å². The summed E-state index contributed by atoms with van der Waals surface area (Å²) >= 11 is 0. The van der Waals surface area contributed by atoms with Gasteiger partial charge in [0.05, 0.1) is 5.75 Å². The number of rotatable bonds is 7. The molecular weight excluding hydrogens is 360 g/mol. The van der Waals surface area contributed by atoms with Crippen LogP contribution < -0.4 is 5.32 Å². The van der Waals surface area contributed by atoms with Crippen LogP contribution in [-0.4, -0.2) is 37.9 Å². The molecule has 3 aromatic rings. The number of fused-ring (bicyclic) bond motifs is 1. The van der Waals surface area contributed by atoms with E-state index in [4.69, 9.17) is 0 Å². The number of aryl methyl sites for hydroxylation is 1. The van der Waals surface area contributed by atoms with Crippen molar-refractivity contribution < 1.29 is 13.2 Å². The zero-order valence-electron chi connectivity index (χ0n) is 15.5. The van der Waals surface area contributed by atoms with E-state index in [0.717, 1.165) is 28.3 Å². The van der Waals surface area contributed by atoms with Crippen molar-refractivity contribution >= 4 is 26.6 Å². The van der Waals surface area contributed by atoms with Crippen LogP contribution in [-0.2, 0) is 14.6 Å². The van der Waals surface area contributed by atoms with E-state index in [0.29, 0.717) is 6.54 Å². The van der Waals surface area contributed by atoms with Gasteiger partial charge in [0.2, 0.25) is 5.91 Å². The van der Waals surface area contributed by atoms with E-state index < -0.39 is 9.84 Å². The molecule has 1 aromatic heterocycles. The molecular formula is C21H24N2O3S. The number of carbonyl (C=O) groups excluding carboxylic acids is 1. The highest BCUT2D eigenvalue weighted by Gasteiger charge is 2.19. The third-order valence-corrected chi connectivity index (χ3v) is 5.63. The second-order valence-electron chi connectivity index (χ2n) is 6.94. The number of H-pyrrole nitrogens is 1. The van der Waals surface area contributed by atoms with Crippen LogP contribution in [0.2, 0.25) is 0 Å². The third kappa shape index (κ3) is 4.98. The highest BCUT2D eigenvalue weighted by atomic mass is 32.2. The van der Waals surface area contributed by atoms with Crippen molar-refractivity contribution in [1.29, 1.82) is 0 Å². The predicted octanol–water partition coefficient (Wildman–Crippen LogP) is 3.16. The van der Waals surface area contributed by atoms with Crippen LogP contribution >= 0.6 is 0 Å². The van der Waals surface area contributed by atoms with E-state index in [2.05, 4.69) is 40.6 Å². The SMILES string of the molecule is Cc1ccc(C(CNC(=O)CCS(C)(=O)=O)c2c[nH]c3ccccc23)cc1. The summed E-state index contributed by atoms with van der Waals surface area (Å²) in [6.07, 6.45) is 3.10. The van der Waals surface area contributed by atoms with Crippen LogP contribution in [0.5, 0.6) is 0 Å². The monoisotopic (exact) mass is 384 g/mol. The molecule has 3 rings (SSSR count). The lowest BCUT2D eigenvalue weighted by molar-refractivity contribution is -0.120. The highest BCUT2D eigenvalue weighted by Crippen LogP contribution is 2.30. The first-order chi connectivity index (χ1) is 12.8. The lowest BCUT2D eigenvalue weighted by Crippen LogP contribution is -2.30. The molecule has 1 atom stereocenters. The molecule has 0 saturated carbocycles. The van der Waals surface area contributed by atoms with Crippen molar-refractivity contribution in [2.24, 2.45) is 0 Å².